The molecule has 0 radical (unpaired) electrons. The number of rotatable bonds is 9. The Morgan fingerprint density at radius 1 is 1.16 bits per heavy atom. The lowest BCUT2D eigenvalue weighted by Crippen LogP contribution is -2.30. The van der Waals surface area contributed by atoms with Crippen LogP contribution in [0.4, 0.5) is 0 Å². The molecule has 1 amide bonds. The highest BCUT2D eigenvalue weighted by atomic mass is 16.5. The van der Waals surface area contributed by atoms with Crippen molar-refractivity contribution in [3.8, 4) is 0 Å². The Bertz CT molecular complexity index is 280. The predicted octanol–water partition coefficient (Wildman–Crippen LogP) is 2.68. The molecular formula is C15H29NO3. The number of hydrogen-bond donors (Lipinski definition) is 1. The maximum absolute atomic E-state index is 10.9. The van der Waals surface area contributed by atoms with Gasteiger partial charge in [0.25, 0.3) is 0 Å². The second kappa shape index (κ2) is 8.33. The molecule has 4 nitrogen and oxygen atoms in total. The summed E-state index contributed by atoms with van der Waals surface area (Å²) in [6.07, 6.45) is 2.92. The van der Waals surface area contributed by atoms with E-state index in [-0.39, 0.29) is 17.1 Å². The first-order chi connectivity index (χ1) is 8.66. The molecule has 0 aromatic heterocycles. The minimum atomic E-state index is -0.201. The third-order valence-electron chi connectivity index (χ3n) is 2.54. The van der Waals surface area contributed by atoms with Crippen LogP contribution in [0.3, 0.4) is 0 Å². The SMILES string of the molecule is C=CC(=O)NCCCOC(C)(C)CCOC(C)(C)C. The van der Waals surface area contributed by atoms with E-state index in [1.807, 2.05) is 20.8 Å². The molecule has 0 unspecified atom stereocenters. The molecule has 1 N–H and O–H groups in total. The van der Waals surface area contributed by atoms with Gasteiger partial charge in [0.15, 0.2) is 0 Å². The normalized spacial score (nSPS) is 12.3. The molecule has 0 aromatic carbocycles. The van der Waals surface area contributed by atoms with Crippen molar-refractivity contribution in [3.05, 3.63) is 12.7 Å². The first-order valence-corrected chi connectivity index (χ1v) is 6.84. The van der Waals surface area contributed by atoms with Gasteiger partial charge in [-0.25, -0.2) is 0 Å². The molecule has 0 rings (SSSR count). The van der Waals surface area contributed by atoms with Gasteiger partial charge < -0.3 is 14.8 Å². The molecule has 4 heteroatoms. The van der Waals surface area contributed by atoms with Crippen molar-refractivity contribution < 1.29 is 14.3 Å². The molecule has 0 aromatic rings. The van der Waals surface area contributed by atoms with Gasteiger partial charge in [0, 0.05) is 19.8 Å². The molecule has 0 aliphatic rings. The minimum Gasteiger partial charge on any atom is -0.376 e. The summed E-state index contributed by atoms with van der Waals surface area (Å²) in [6, 6.07) is 0. The van der Waals surface area contributed by atoms with Crippen molar-refractivity contribution in [3.63, 3.8) is 0 Å². The Labute approximate surface area is 117 Å². The third kappa shape index (κ3) is 11.9. The zero-order chi connectivity index (χ0) is 14.9. The average Bonchev–Trinajstić information content (AvgIpc) is 2.25. The van der Waals surface area contributed by atoms with Crippen LogP contribution >= 0.6 is 0 Å². The van der Waals surface area contributed by atoms with E-state index in [1.165, 1.54) is 6.08 Å². The van der Waals surface area contributed by atoms with Crippen molar-refractivity contribution in [2.24, 2.45) is 0 Å². The van der Waals surface area contributed by atoms with E-state index < -0.39 is 0 Å². The van der Waals surface area contributed by atoms with Crippen LogP contribution in [0.25, 0.3) is 0 Å². The summed E-state index contributed by atoms with van der Waals surface area (Å²) in [6.45, 7) is 15.6. The molecule has 0 bridgehead atoms. The van der Waals surface area contributed by atoms with Gasteiger partial charge in [0.2, 0.25) is 5.91 Å². The van der Waals surface area contributed by atoms with Gasteiger partial charge in [0.05, 0.1) is 11.2 Å². The summed E-state index contributed by atoms with van der Waals surface area (Å²) < 4.78 is 11.5. The zero-order valence-electron chi connectivity index (χ0n) is 13.0. The first kappa shape index (κ1) is 18.1. The monoisotopic (exact) mass is 271 g/mol. The van der Waals surface area contributed by atoms with Crippen LogP contribution in [0.15, 0.2) is 12.7 Å². The number of amides is 1. The molecule has 0 saturated heterocycles. The highest BCUT2D eigenvalue weighted by molar-refractivity contribution is 5.86. The number of carbonyl (C=O) groups excluding carboxylic acids is 1. The molecule has 112 valence electrons. The summed E-state index contributed by atoms with van der Waals surface area (Å²) in [5.41, 5.74) is -0.307. The van der Waals surface area contributed by atoms with E-state index in [0.29, 0.717) is 19.8 Å². The van der Waals surface area contributed by atoms with E-state index in [1.54, 1.807) is 0 Å². The summed E-state index contributed by atoms with van der Waals surface area (Å²) in [4.78, 5) is 10.9. The summed E-state index contributed by atoms with van der Waals surface area (Å²) in [7, 11) is 0. The van der Waals surface area contributed by atoms with Crippen LogP contribution in [0.2, 0.25) is 0 Å². The van der Waals surface area contributed by atoms with Gasteiger partial charge in [0.1, 0.15) is 0 Å². The highest BCUT2D eigenvalue weighted by Gasteiger charge is 2.19. The molecule has 0 fully saturated rings. The van der Waals surface area contributed by atoms with E-state index in [2.05, 4.69) is 25.7 Å². The molecule has 0 aliphatic heterocycles. The molecule has 0 aliphatic carbocycles. The summed E-state index contributed by atoms with van der Waals surface area (Å²) in [5.74, 6) is -0.141. The maximum atomic E-state index is 10.9. The average molecular weight is 271 g/mol. The van der Waals surface area contributed by atoms with Crippen molar-refractivity contribution in [1.82, 2.24) is 5.32 Å². The molecule has 0 spiro atoms. The van der Waals surface area contributed by atoms with Crippen LogP contribution in [0.5, 0.6) is 0 Å². The van der Waals surface area contributed by atoms with E-state index >= 15 is 0 Å². The quantitative estimate of drug-likeness (QED) is 0.518. The fourth-order valence-corrected chi connectivity index (χ4v) is 1.38. The second-order valence-corrected chi connectivity index (χ2v) is 6.17. The molecule has 0 saturated carbocycles. The van der Waals surface area contributed by atoms with Gasteiger partial charge >= 0.3 is 0 Å². The Morgan fingerprint density at radius 2 is 1.79 bits per heavy atom. The predicted molar refractivity (Wildman–Crippen MR) is 78.2 cm³/mol. The van der Waals surface area contributed by atoms with Crippen LogP contribution < -0.4 is 5.32 Å². The van der Waals surface area contributed by atoms with Gasteiger partial charge in [-0.1, -0.05) is 6.58 Å². The van der Waals surface area contributed by atoms with Gasteiger partial charge in [-0.15, -0.1) is 0 Å². The molecule has 0 heterocycles. The van der Waals surface area contributed by atoms with Crippen molar-refractivity contribution in [2.75, 3.05) is 19.8 Å². The second-order valence-electron chi connectivity index (χ2n) is 6.17. The Balaban J connectivity index is 3.67. The number of carbonyl (C=O) groups is 1. The van der Waals surface area contributed by atoms with Crippen LogP contribution in [0.1, 0.15) is 47.5 Å². The van der Waals surface area contributed by atoms with Crippen molar-refractivity contribution in [2.45, 2.75) is 58.7 Å². The minimum absolute atomic E-state index is 0.106. The molecule has 19 heavy (non-hydrogen) atoms. The Hall–Kier alpha value is -0.870. The van der Waals surface area contributed by atoms with Gasteiger partial charge in [-0.05, 0) is 53.5 Å². The largest absolute Gasteiger partial charge is 0.376 e. The van der Waals surface area contributed by atoms with Crippen molar-refractivity contribution >= 4 is 5.91 Å². The Kier molecular flexibility index (Phi) is 7.95. The van der Waals surface area contributed by atoms with E-state index in [9.17, 15) is 4.79 Å². The van der Waals surface area contributed by atoms with Crippen molar-refractivity contribution in [1.29, 1.82) is 0 Å². The van der Waals surface area contributed by atoms with E-state index in [0.717, 1.165) is 12.8 Å². The number of hydrogen-bond acceptors (Lipinski definition) is 3. The topological polar surface area (TPSA) is 47.6 Å². The van der Waals surface area contributed by atoms with Crippen LogP contribution in [-0.2, 0) is 14.3 Å². The standard InChI is InChI=1S/C15H29NO3/c1-7-13(17)16-10-8-11-19-15(5,6)9-12-18-14(2,3)4/h7H,1,8-12H2,2-6H3,(H,16,17). The highest BCUT2D eigenvalue weighted by Crippen LogP contribution is 2.17. The van der Waals surface area contributed by atoms with E-state index in [4.69, 9.17) is 9.47 Å². The zero-order valence-corrected chi connectivity index (χ0v) is 13.0. The summed E-state index contributed by atoms with van der Waals surface area (Å²) in [5, 5.41) is 2.72. The Morgan fingerprint density at radius 3 is 2.32 bits per heavy atom. The molecule has 0 atom stereocenters. The lowest BCUT2D eigenvalue weighted by atomic mass is 10.1. The van der Waals surface area contributed by atoms with Crippen LogP contribution in [0, 0.1) is 0 Å². The van der Waals surface area contributed by atoms with Gasteiger partial charge in [-0.3, -0.25) is 4.79 Å². The lowest BCUT2D eigenvalue weighted by Gasteiger charge is -2.27. The summed E-state index contributed by atoms with van der Waals surface area (Å²) >= 11 is 0. The smallest absolute Gasteiger partial charge is 0.243 e. The first-order valence-electron chi connectivity index (χ1n) is 6.84. The number of nitrogens with one attached hydrogen (secondary N) is 1. The van der Waals surface area contributed by atoms with Crippen LogP contribution in [-0.4, -0.2) is 36.9 Å². The fraction of sp³-hybridized carbons (Fsp3) is 0.800. The fourth-order valence-electron chi connectivity index (χ4n) is 1.38. The number of ether oxygens (including phenoxy) is 2. The third-order valence-corrected chi connectivity index (χ3v) is 2.54. The lowest BCUT2D eigenvalue weighted by molar-refractivity contribution is -0.116. The molecular weight excluding hydrogens is 242 g/mol. The maximum Gasteiger partial charge on any atom is 0.243 e. The van der Waals surface area contributed by atoms with Gasteiger partial charge in [-0.2, -0.15) is 0 Å².